The highest BCUT2D eigenvalue weighted by Crippen LogP contribution is 2.59. The van der Waals surface area contributed by atoms with Crippen molar-refractivity contribution >= 4 is 27.8 Å². The zero-order chi connectivity index (χ0) is 42.1. The molecule has 0 aromatic heterocycles. The maximum absolute atomic E-state index is 2.55. The first kappa shape index (κ1) is 38.0. The summed E-state index contributed by atoms with van der Waals surface area (Å²) in [6.07, 6.45) is 2.35. The number of rotatable bonds is 7. The Morgan fingerprint density at radius 1 is 0.339 bits per heavy atom. The van der Waals surface area contributed by atoms with E-state index in [1.165, 1.54) is 84.0 Å². The van der Waals surface area contributed by atoms with Gasteiger partial charge in [0.2, 0.25) is 0 Å². The molecule has 9 aromatic carbocycles. The molecule has 0 saturated carbocycles. The number of anilines is 3. The van der Waals surface area contributed by atoms with Crippen molar-refractivity contribution in [2.24, 2.45) is 0 Å². The van der Waals surface area contributed by atoms with Crippen LogP contribution in [0.15, 0.2) is 212 Å². The SMILES string of the molecule is CC1(C)CCC(C)(C)c2cc(-c3cc4c(cc3N(c3ccccc3)c3ccc(-c5ccc6ccccc6c5)cc3)C(c3ccccc3)(c3ccccc3)c3ccccc3-4)ccc21. The van der Waals surface area contributed by atoms with Crippen LogP contribution in [-0.2, 0) is 16.2 Å². The fraction of sp³-hybridized carbons (Fsp3) is 0.148. The van der Waals surface area contributed by atoms with Gasteiger partial charge in [-0.1, -0.05) is 198 Å². The van der Waals surface area contributed by atoms with Crippen LogP contribution >= 0.6 is 0 Å². The largest absolute Gasteiger partial charge is 0.310 e. The van der Waals surface area contributed by atoms with Crippen molar-refractivity contribution in [3.05, 3.63) is 246 Å². The molecular weight excluding hydrogens is 747 g/mol. The maximum Gasteiger partial charge on any atom is 0.0714 e. The zero-order valence-corrected chi connectivity index (χ0v) is 36.1. The minimum Gasteiger partial charge on any atom is -0.310 e. The van der Waals surface area contributed by atoms with Crippen molar-refractivity contribution in [1.29, 1.82) is 0 Å². The van der Waals surface area contributed by atoms with Crippen LogP contribution in [0.2, 0.25) is 0 Å². The van der Waals surface area contributed by atoms with E-state index in [2.05, 4.69) is 245 Å². The van der Waals surface area contributed by atoms with E-state index in [1.807, 2.05) is 0 Å². The molecule has 11 rings (SSSR count). The van der Waals surface area contributed by atoms with E-state index >= 15 is 0 Å². The molecule has 0 N–H and O–H groups in total. The molecule has 1 heteroatoms. The molecule has 0 spiro atoms. The Morgan fingerprint density at radius 2 is 0.887 bits per heavy atom. The third-order valence-electron chi connectivity index (χ3n) is 14.2. The third-order valence-corrected chi connectivity index (χ3v) is 14.2. The number of nitrogens with zero attached hydrogens (tertiary/aromatic N) is 1. The zero-order valence-electron chi connectivity index (χ0n) is 36.1. The second kappa shape index (κ2) is 14.6. The first-order valence-corrected chi connectivity index (χ1v) is 22.2. The van der Waals surface area contributed by atoms with E-state index in [0.717, 1.165) is 23.5 Å². The van der Waals surface area contributed by atoms with Crippen molar-refractivity contribution < 1.29 is 0 Å². The van der Waals surface area contributed by atoms with Gasteiger partial charge in [-0.05, 0) is 138 Å². The first-order valence-electron chi connectivity index (χ1n) is 22.2. The fourth-order valence-corrected chi connectivity index (χ4v) is 10.8. The van der Waals surface area contributed by atoms with E-state index in [4.69, 9.17) is 0 Å². The van der Waals surface area contributed by atoms with Crippen molar-refractivity contribution in [3.8, 4) is 33.4 Å². The average Bonchev–Trinajstić information content (AvgIpc) is 3.61. The molecule has 1 nitrogen and oxygen atoms in total. The Kier molecular flexibility index (Phi) is 8.95. The van der Waals surface area contributed by atoms with Crippen LogP contribution < -0.4 is 4.90 Å². The van der Waals surface area contributed by atoms with Crippen LogP contribution in [0.25, 0.3) is 44.2 Å². The van der Waals surface area contributed by atoms with Gasteiger partial charge in [0.05, 0.1) is 11.1 Å². The standard InChI is InChI=1S/C61H51N/c1-59(2)36-37-60(3,4)57-39-46(32-35-55(57)59)52-40-53-51-26-16-17-27-54(51)61(47-20-8-5-9-21-47,48-22-10-6-11-23-48)56(53)41-58(52)62(49-24-12-7-13-25-49)50-33-30-43(31-34-50)45-29-28-42-18-14-15-19-44(42)38-45/h5-35,38-41H,36-37H2,1-4H3. The predicted molar refractivity (Wildman–Crippen MR) is 262 cm³/mol. The predicted octanol–water partition coefficient (Wildman–Crippen LogP) is 16.4. The van der Waals surface area contributed by atoms with Crippen LogP contribution in [-0.4, -0.2) is 0 Å². The molecule has 0 amide bonds. The Morgan fingerprint density at radius 3 is 1.58 bits per heavy atom. The second-order valence-corrected chi connectivity index (χ2v) is 18.8. The summed E-state index contributed by atoms with van der Waals surface area (Å²) in [6, 6.07) is 79.4. The summed E-state index contributed by atoms with van der Waals surface area (Å²) < 4.78 is 0. The lowest BCUT2D eigenvalue weighted by molar-refractivity contribution is 0.332. The van der Waals surface area contributed by atoms with Gasteiger partial charge in [0, 0.05) is 16.9 Å². The molecule has 0 heterocycles. The Hall–Kier alpha value is -6.96. The summed E-state index contributed by atoms with van der Waals surface area (Å²) in [7, 11) is 0. The number of fused-ring (bicyclic) bond motifs is 5. The summed E-state index contributed by atoms with van der Waals surface area (Å²) in [4.78, 5) is 2.50. The molecule has 2 aliphatic carbocycles. The summed E-state index contributed by atoms with van der Waals surface area (Å²) in [6.45, 7) is 9.71. The highest BCUT2D eigenvalue weighted by molar-refractivity contribution is 5.97. The Bertz CT molecular complexity index is 3060. The van der Waals surface area contributed by atoms with Gasteiger partial charge < -0.3 is 4.90 Å². The van der Waals surface area contributed by atoms with Gasteiger partial charge in [-0.3, -0.25) is 0 Å². The number of benzene rings is 9. The van der Waals surface area contributed by atoms with Gasteiger partial charge >= 0.3 is 0 Å². The van der Waals surface area contributed by atoms with Gasteiger partial charge in [-0.25, -0.2) is 0 Å². The normalized spacial score (nSPS) is 15.4. The average molecular weight is 798 g/mol. The minimum absolute atomic E-state index is 0.0673. The highest BCUT2D eigenvalue weighted by atomic mass is 15.1. The smallest absolute Gasteiger partial charge is 0.0714 e. The molecule has 0 bridgehead atoms. The van der Waals surface area contributed by atoms with Crippen molar-refractivity contribution in [2.45, 2.75) is 56.8 Å². The van der Waals surface area contributed by atoms with Gasteiger partial charge in [0.25, 0.3) is 0 Å². The van der Waals surface area contributed by atoms with E-state index in [1.54, 1.807) is 0 Å². The Balaban J connectivity index is 1.21. The molecule has 0 fully saturated rings. The van der Waals surface area contributed by atoms with Gasteiger partial charge in [-0.15, -0.1) is 0 Å². The topological polar surface area (TPSA) is 3.24 Å². The molecule has 2 aliphatic rings. The molecule has 300 valence electrons. The van der Waals surface area contributed by atoms with Crippen LogP contribution in [0.4, 0.5) is 17.1 Å². The monoisotopic (exact) mass is 797 g/mol. The minimum atomic E-state index is -0.536. The van der Waals surface area contributed by atoms with Gasteiger partial charge in [-0.2, -0.15) is 0 Å². The van der Waals surface area contributed by atoms with Crippen molar-refractivity contribution in [2.75, 3.05) is 4.90 Å². The van der Waals surface area contributed by atoms with Crippen LogP contribution in [0.1, 0.15) is 73.9 Å². The van der Waals surface area contributed by atoms with E-state index in [9.17, 15) is 0 Å². The lowest BCUT2D eigenvalue weighted by atomic mass is 9.63. The molecule has 62 heavy (non-hydrogen) atoms. The second-order valence-electron chi connectivity index (χ2n) is 18.8. The summed E-state index contributed by atoms with van der Waals surface area (Å²) in [5.41, 5.74) is 18.6. The quantitative estimate of drug-likeness (QED) is 0.155. The van der Waals surface area contributed by atoms with Gasteiger partial charge in [0.15, 0.2) is 0 Å². The van der Waals surface area contributed by atoms with Crippen LogP contribution in [0, 0.1) is 0 Å². The molecule has 0 aliphatic heterocycles. The third kappa shape index (κ3) is 6.05. The molecule has 0 atom stereocenters. The molecule has 0 unspecified atom stereocenters. The lowest BCUT2D eigenvalue weighted by Crippen LogP contribution is -2.33. The summed E-state index contributed by atoms with van der Waals surface area (Å²) in [5.74, 6) is 0. The first-order chi connectivity index (χ1) is 30.2. The number of para-hydroxylation sites is 1. The number of hydrogen-bond acceptors (Lipinski definition) is 1. The van der Waals surface area contributed by atoms with E-state index in [-0.39, 0.29) is 10.8 Å². The highest BCUT2D eigenvalue weighted by Gasteiger charge is 2.47. The molecule has 0 saturated heterocycles. The summed E-state index contributed by atoms with van der Waals surface area (Å²) >= 11 is 0. The van der Waals surface area contributed by atoms with Gasteiger partial charge in [0.1, 0.15) is 0 Å². The fourth-order valence-electron chi connectivity index (χ4n) is 10.8. The van der Waals surface area contributed by atoms with Crippen molar-refractivity contribution in [3.63, 3.8) is 0 Å². The molecule has 0 radical (unpaired) electrons. The summed E-state index contributed by atoms with van der Waals surface area (Å²) in [5, 5.41) is 2.51. The van der Waals surface area contributed by atoms with E-state index < -0.39 is 5.41 Å². The van der Waals surface area contributed by atoms with E-state index in [0.29, 0.717) is 0 Å². The molecular formula is C61H51N. The maximum atomic E-state index is 2.55. The lowest BCUT2D eigenvalue weighted by Gasteiger charge is -2.42. The molecule has 9 aromatic rings. The number of hydrogen-bond donors (Lipinski definition) is 0. The van der Waals surface area contributed by atoms with Crippen LogP contribution in [0.5, 0.6) is 0 Å². The van der Waals surface area contributed by atoms with Crippen LogP contribution in [0.3, 0.4) is 0 Å². The Labute approximate surface area is 367 Å². The van der Waals surface area contributed by atoms with Crippen molar-refractivity contribution in [1.82, 2.24) is 0 Å².